The first-order chi connectivity index (χ1) is 15.5. The van der Waals surface area contributed by atoms with Crippen LogP contribution in [0.1, 0.15) is 26.5 Å². The number of hydrogen-bond acceptors (Lipinski definition) is 11. The molecule has 0 aliphatic carbocycles. The van der Waals surface area contributed by atoms with E-state index in [-0.39, 0.29) is 25.7 Å². The second-order valence-corrected chi connectivity index (χ2v) is 9.24. The number of rotatable bonds is 8. The number of aromatic amines is 1. The van der Waals surface area contributed by atoms with E-state index in [9.17, 15) is 24.1 Å². The van der Waals surface area contributed by atoms with Gasteiger partial charge in [-0.1, -0.05) is 5.92 Å². The summed E-state index contributed by atoms with van der Waals surface area (Å²) in [6.45, 7) is 2.77. The van der Waals surface area contributed by atoms with E-state index in [1.54, 1.807) is 13.8 Å². The number of phosphoric acid groups is 1. The van der Waals surface area contributed by atoms with Crippen LogP contribution in [-0.4, -0.2) is 71.0 Å². The van der Waals surface area contributed by atoms with Gasteiger partial charge in [-0.25, -0.2) is 14.2 Å². The Morgan fingerprint density at radius 2 is 2.21 bits per heavy atom. The summed E-state index contributed by atoms with van der Waals surface area (Å²) >= 11 is 0. The van der Waals surface area contributed by atoms with Crippen molar-refractivity contribution >= 4 is 13.8 Å². The monoisotopic (exact) mass is 488 g/mol. The molecule has 2 saturated heterocycles. The van der Waals surface area contributed by atoms with E-state index in [0.717, 1.165) is 16.8 Å². The third-order valence-electron chi connectivity index (χ3n) is 4.95. The highest BCUT2D eigenvalue weighted by Crippen LogP contribution is 2.58. The van der Waals surface area contributed by atoms with Gasteiger partial charge in [0, 0.05) is 25.8 Å². The van der Waals surface area contributed by atoms with Crippen LogP contribution in [-0.2, 0) is 37.1 Å². The Labute approximate surface area is 188 Å². The van der Waals surface area contributed by atoms with Gasteiger partial charge in [0.25, 0.3) is 5.56 Å². The first-order valence-electron chi connectivity index (χ1n) is 10.0. The van der Waals surface area contributed by atoms with E-state index in [1.807, 2.05) is 4.98 Å². The molecule has 0 aromatic carbocycles. The zero-order valence-electron chi connectivity index (χ0n) is 18.2. The fraction of sp³-hybridized carbons (Fsp3) is 0.632. The van der Waals surface area contributed by atoms with E-state index in [4.69, 9.17) is 34.2 Å². The van der Waals surface area contributed by atoms with Crippen LogP contribution in [0.15, 0.2) is 21.9 Å². The van der Waals surface area contributed by atoms with Gasteiger partial charge in [-0.05, 0) is 13.8 Å². The number of carbonyl (C=O) groups is 1. The van der Waals surface area contributed by atoms with Gasteiger partial charge in [-0.15, -0.1) is 6.42 Å². The molecule has 33 heavy (non-hydrogen) atoms. The van der Waals surface area contributed by atoms with Gasteiger partial charge in [0.2, 0.25) is 0 Å². The van der Waals surface area contributed by atoms with Crippen LogP contribution in [0.3, 0.4) is 0 Å². The van der Waals surface area contributed by atoms with Crippen molar-refractivity contribution < 1.29 is 42.2 Å². The van der Waals surface area contributed by atoms with Crippen molar-refractivity contribution in [1.82, 2.24) is 9.55 Å². The summed E-state index contributed by atoms with van der Waals surface area (Å²) < 4.78 is 45.5. The highest BCUT2D eigenvalue weighted by molar-refractivity contribution is 7.48. The van der Waals surface area contributed by atoms with Crippen molar-refractivity contribution in [2.45, 2.75) is 56.5 Å². The number of H-pyrrole nitrogens is 1. The Morgan fingerprint density at radius 1 is 1.48 bits per heavy atom. The fourth-order valence-electron chi connectivity index (χ4n) is 3.40. The molecule has 0 saturated carbocycles. The second kappa shape index (κ2) is 9.90. The summed E-state index contributed by atoms with van der Waals surface area (Å²) in [5.41, 5.74) is -3.77. The summed E-state index contributed by atoms with van der Waals surface area (Å²) in [6, 6.07) is 1.05. The minimum absolute atomic E-state index is 0.0157. The molecule has 0 amide bonds. The van der Waals surface area contributed by atoms with Crippen molar-refractivity contribution in [3.63, 3.8) is 0 Å². The lowest BCUT2D eigenvalue weighted by molar-refractivity contribution is -0.160. The van der Waals surface area contributed by atoms with Crippen LogP contribution in [0.5, 0.6) is 0 Å². The van der Waals surface area contributed by atoms with Crippen molar-refractivity contribution in [3.05, 3.63) is 33.1 Å². The van der Waals surface area contributed by atoms with Crippen LogP contribution in [0.4, 0.5) is 0 Å². The number of nitrogens with one attached hydrogen (secondary N) is 1. The average molecular weight is 488 g/mol. The van der Waals surface area contributed by atoms with Crippen molar-refractivity contribution in [2.24, 2.45) is 0 Å². The number of fused-ring (bicyclic) bond motifs is 1. The lowest BCUT2D eigenvalue weighted by atomic mass is 9.95. The molecule has 0 spiro atoms. The molecule has 13 nitrogen and oxygen atoms in total. The fourth-order valence-corrected chi connectivity index (χ4v) is 4.83. The zero-order valence-corrected chi connectivity index (χ0v) is 19.1. The molecule has 1 aromatic heterocycles. The Morgan fingerprint density at radius 3 is 2.82 bits per heavy atom. The topological polar surface area (TPSA) is 165 Å². The molecular weight excluding hydrogens is 463 g/mol. The first kappa shape index (κ1) is 25.3. The highest BCUT2D eigenvalue weighted by Gasteiger charge is 2.62. The maximum atomic E-state index is 13.0. The van der Waals surface area contributed by atoms with Crippen LogP contribution < -0.4 is 11.2 Å². The van der Waals surface area contributed by atoms with Gasteiger partial charge < -0.3 is 19.3 Å². The van der Waals surface area contributed by atoms with Gasteiger partial charge >= 0.3 is 19.5 Å². The number of hydrogen-bond donors (Lipinski definition) is 2. The predicted molar refractivity (Wildman–Crippen MR) is 110 cm³/mol. The molecule has 2 aliphatic rings. The van der Waals surface area contributed by atoms with Gasteiger partial charge in [0.05, 0.1) is 19.3 Å². The van der Waals surface area contributed by atoms with Gasteiger partial charge in [0.1, 0.15) is 12.2 Å². The molecular formula is C19H25N2O11P. The van der Waals surface area contributed by atoms with E-state index in [1.165, 1.54) is 7.11 Å². The molecule has 0 radical (unpaired) electrons. The highest BCUT2D eigenvalue weighted by atomic mass is 31.2. The number of aromatic nitrogens is 2. The standard InChI is InChI=1S/C19H25N2O11P/c1-5-19(25)15-13(31-17(19)21-8-6-14(22)20-18(21)24)10-29-33(26,32-15)28-9-7-12(27-4)16(23)30-11(2)3/h1,6,8,11-13,15,17,25H,7,9-10H2,2-4H3,(H,20,22,24)/t12-,13-,15-,17-,19-,33?/m1/s1. The minimum Gasteiger partial charge on any atom is -0.461 e. The largest absolute Gasteiger partial charge is 0.475 e. The molecule has 182 valence electrons. The summed E-state index contributed by atoms with van der Waals surface area (Å²) in [6.07, 6.45) is 1.46. The third-order valence-corrected chi connectivity index (χ3v) is 6.40. The number of nitrogens with zero attached hydrogens (tertiary/aromatic N) is 1. The molecule has 3 rings (SSSR count). The summed E-state index contributed by atoms with van der Waals surface area (Å²) in [5.74, 6) is 1.51. The predicted octanol–water partition coefficient (Wildman–Crippen LogP) is -0.305. The normalized spacial score (nSPS) is 32.2. The Bertz CT molecular complexity index is 1080. The van der Waals surface area contributed by atoms with Crippen LogP contribution >= 0.6 is 7.82 Å². The Hall–Kier alpha value is -2.30. The maximum Gasteiger partial charge on any atom is 0.475 e. The number of methoxy groups -OCH3 is 1. The number of terminal acetylenes is 1. The average Bonchev–Trinajstić information content (AvgIpc) is 3.03. The van der Waals surface area contributed by atoms with E-state index in [2.05, 4.69) is 5.92 Å². The van der Waals surface area contributed by atoms with Crippen LogP contribution in [0, 0.1) is 12.3 Å². The lowest BCUT2D eigenvalue weighted by Crippen LogP contribution is -2.50. The molecule has 2 fully saturated rings. The van der Waals surface area contributed by atoms with Gasteiger partial charge in [0.15, 0.2) is 17.9 Å². The maximum absolute atomic E-state index is 13.0. The van der Waals surface area contributed by atoms with E-state index in [0.29, 0.717) is 0 Å². The van der Waals surface area contributed by atoms with Crippen molar-refractivity contribution in [2.75, 3.05) is 20.3 Å². The van der Waals surface area contributed by atoms with Crippen molar-refractivity contribution in [1.29, 1.82) is 0 Å². The van der Waals surface area contributed by atoms with Crippen LogP contribution in [0.2, 0.25) is 0 Å². The number of ether oxygens (including phenoxy) is 3. The Balaban J connectivity index is 1.71. The van der Waals surface area contributed by atoms with E-state index < -0.39 is 55.2 Å². The van der Waals surface area contributed by atoms with Gasteiger partial charge in [-0.3, -0.25) is 27.9 Å². The minimum atomic E-state index is -4.23. The molecule has 14 heteroatoms. The third kappa shape index (κ3) is 5.28. The Kier molecular flexibility index (Phi) is 7.60. The lowest BCUT2D eigenvalue weighted by Gasteiger charge is -2.34. The molecule has 2 aliphatic heterocycles. The zero-order chi connectivity index (χ0) is 24.4. The van der Waals surface area contributed by atoms with Gasteiger partial charge in [-0.2, -0.15) is 0 Å². The summed E-state index contributed by atoms with van der Waals surface area (Å²) in [5, 5.41) is 11.1. The van der Waals surface area contributed by atoms with Crippen molar-refractivity contribution in [3.8, 4) is 12.3 Å². The molecule has 1 aromatic rings. The molecule has 2 N–H and O–H groups in total. The number of carbonyl (C=O) groups excluding carboxylic acids is 1. The SMILES string of the molecule is C#C[C@@]1(O)[C@@H]2OP(=O)(OCC[C@@H](OC)C(=O)OC(C)C)OC[C@H]2O[C@H]1n1ccc(=O)[nH]c1=O. The number of phosphoric ester groups is 1. The number of aliphatic hydroxyl groups is 1. The number of esters is 1. The molecule has 0 bridgehead atoms. The molecule has 6 atom stereocenters. The smallest absolute Gasteiger partial charge is 0.461 e. The van der Waals surface area contributed by atoms with E-state index >= 15 is 0 Å². The molecule has 3 heterocycles. The second-order valence-electron chi connectivity index (χ2n) is 7.61. The quantitative estimate of drug-likeness (QED) is 0.280. The first-order valence-corrected chi connectivity index (χ1v) is 11.5. The molecule has 1 unspecified atom stereocenters. The van der Waals surface area contributed by atoms with Crippen LogP contribution in [0.25, 0.3) is 0 Å². The summed E-state index contributed by atoms with van der Waals surface area (Å²) in [7, 11) is -2.91. The summed E-state index contributed by atoms with van der Waals surface area (Å²) in [4.78, 5) is 37.5.